The molecule has 1 aromatic carbocycles. The second-order valence-corrected chi connectivity index (χ2v) is 8.31. The Labute approximate surface area is 177 Å². The zero-order valence-corrected chi connectivity index (χ0v) is 17.5. The van der Waals surface area contributed by atoms with Gasteiger partial charge in [0.05, 0.1) is 0 Å². The number of hydrazine groups is 1. The number of carbonyl (C=O) groups is 2. The Morgan fingerprint density at radius 3 is 2.33 bits per heavy atom. The predicted octanol–water partition coefficient (Wildman–Crippen LogP) is 2.10. The first-order valence-corrected chi connectivity index (χ1v) is 10.6. The summed E-state index contributed by atoms with van der Waals surface area (Å²) in [5, 5.41) is 0. The topological polar surface area (TPSA) is 77.6 Å². The van der Waals surface area contributed by atoms with Crippen LogP contribution in [0.15, 0.2) is 48.8 Å². The highest BCUT2D eigenvalue weighted by Gasteiger charge is 2.34. The van der Waals surface area contributed by atoms with Gasteiger partial charge in [-0.25, -0.2) is 10.9 Å². The van der Waals surface area contributed by atoms with Gasteiger partial charge in [0.1, 0.15) is 6.04 Å². The van der Waals surface area contributed by atoms with Crippen LogP contribution in [0.4, 0.5) is 0 Å². The van der Waals surface area contributed by atoms with Gasteiger partial charge in [0.15, 0.2) is 0 Å². The Morgan fingerprint density at radius 2 is 1.70 bits per heavy atom. The molecule has 4 rings (SSSR count). The molecule has 7 heteroatoms. The molecule has 2 N–H and O–H groups in total. The minimum absolute atomic E-state index is 0.0368. The molecule has 0 bridgehead atoms. The number of benzene rings is 1. The van der Waals surface area contributed by atoms with Crippen molar-refractivity contribution in [1.29, 1.82) is 0 Å². The van der Waals surface area contributed by atoms with E-state index in [-0.39, 0.29) is 23.9 Å². The van der Waals surface area contributed by atoms with Gasteiger partial charge in [-0.15, -0.1) is 0 Å². The molecule has 2 aliphatic heterocycles. The summed E-state index contributed by atoms with van der Waals surface area (Å²) in [6.45, 7) is 6.52. The maximum atomic E-state index is 12.9. The second-order valence-electron chi connectivity index (χ2n) is 8.31. The number of piperazine rings is 1. The number of hydrogen-bond acceptors (Lipinski definition) is 5. The monoisotopic (exact) mass is 407 g/mol. The molecule has 2 saturated heterocycles. The number of rotatable bonds is 4. The van der Waals surface area contributed by atoms with Crippen molar-refractivity contribution in [2.45, 2.75) is 38.3 Å². The number of pyridine rings is 1. The highest BCUT2D eigenvalue weighted by atomic mass is 16.2. The molecule has 0 saturated carbocycles. The molecule has 0 spiro atoms. The zero-order chi connectivity index (χ0) is 21.1. The summed E-state index contributed by atoms with van der Waals surface area (Å²) >= 11 is 0. The van der Waals surface area contributed by atoms with Crippen LogP contribution in [0.1, 0.15) is 53.7 Å². The number of amides is 2. The van der Waals surface area contributed by atoms with Crippen LogP contribution in [0.5, 0.6) is 0 Å². The molecule has 3 heterocycles. The molecule has 2 amide bonds. The van der Waals surface area contributed by atoms with Crippen LogP contribution >= 0.6 is 0 Å². The summed E-state index contributed by atoms with van der Waals surface area (Å²) in [5.41, 5.74) is 9.33. The van der Waals surface area contributed by atoms with E-state index >= 15 is 0 Å². The lowest BCUT2D eigenvalue weighted by Crippen LogP contribution is -2.54. The van der Waals surface area contributed by atoms with Crippen molar-refractivity contribution in [3.8, 4) is 0 Å². The minimum atomic E-state index is -0.263. The first-order chi connectivity index (χ1) is 14.5. The van der Waals surface area contributed by atoms with Gasteiger partial charge in [0, 0.05) is 50.2 Å². The third-order valence-electron chi connectivity index (χ3n) is 5.99. The molecule has 30 heavy (non-hydrogen) atoms. The van der Waals surface area contributed by atoms with E-state index < -0.39 is 0 Å². The van der Waals surface area contributed by atoms with Crippen molar-refractivity contribution < 1.29 is 9.59 Å². The van der Waals surface area contributed by atoms with Crippen LogP contribution < -0.4 is 10.9 Å². The summed E-state index contributed by atoms with van der Waals surface area (Å²) in [4.78, 5) is 33.6. The molecule has 0 aliphatic carbocycles. The average Bonchev–Trinajstić information content (AvgIpc) is 3.29. The Kier molecular flexibility index (Phi) is 6.11. The maximum Gasteiger partial charge on any atom is 0.253 e. The fourth-order valence-electron chi connectivity index (χ4n) is 4.06. The molecule has 7 nitrogen and oxygen atoms in total. The summed E-state index contributed by atoms with van der Waals surface area (Å²) in [7, 11) is 0. The fourth-order valence-corrected chi connectivity index (χ4v) is 4.06. The molecule has 158 valence electrons. The molecule has 2 atom stereocenters. The number of nitrogens with one attached hydrogen (secondary N) is 2. The van der Waals surface area contributed by atoms with Gasteiger partial charge in [-0.05, 0) is 41.7 Å². The minimum Gasteiger partial charge on any atom is -0.338 e. The van der Waals surface area contributed by atoms with E-state index in [2.05, 4.69) is 29.7 Å². The smallest absolute Gasteiger partial charge is 0.253 e. The van der Waals surface area contributed by atoms with Gasteiger partial charge >= 0.3 is 0 Å². The summed E-state index contributed by atoms with van der Waals surface area (Å²) in [5.74, 6) is 0.567. The number of carbonyl (C=O) groups excluding carboxylic acids is 2. The van der Waals surface area contributed by atoms with E-state index in [0.717, 1.165) is 5.56 Å². The third-order valence-corrected chi connectivity index (χ3v) is 5.99. The van der Waals surface area contributed by atoms with Crippen molar-refractivity contribution >= 4 is 11.8 Å². The summed E-state index contributed by atoms with van der Waals surface area (Å²) < 4.78 is 0. The van der Waals surface area contributed by atoms with Crippen LogP contribution in [0, 0.1) is 0 Å². The van der Waals surface area contributed by atoms with Gasteiger partial charge in [-0.1, -0.05) is 32.0 Å². The third kappa shape index (κ3) is 4.37. The molecule has 2 aromatic rings. The molecule has 1 aromatic heterocycles. The Hall–Kier alpha value is -2.77. The molecule has 2 aliphatic rings. The van der Waals surface area contributed by atoms with E-state index in [1.54, 1.807) is 6.20 Å². The van der Waals surface area contributed by atoms with Gasteiger partial charge in [-0.3, -0.25) is 14.6 Å². The van der Waals surface area contributed by atoms with E-state index in [9.17, 15) is 9.59 Å². The van der Waals surface area contributed by atoms with Gasteiger partial charge < -0.3 is 9.80 Å². The van der Waals surface area contributed by atoms with E-state index in [1.807, 2.05) is 52.4 Å². The van der Waals surface area contributed by atoms with Crippen molar-refractivity contribution in [3.05, 3.63) is 65.5 Å². The second kappa shape index (κ2) is 8.93. The molecular weight excluding hydrogens is 378 g/mol. The zero-order valence-electron chi connectivity index (χ0n) is 17.5. The number of hydrogen-bond donors (Lipinski definition) is 2. The summed E-state index contributed by atoms with van der Waals surface area (Å²) in [6, 6.07) is 11.6. The van der Waals surface area contributed by atoms with E-state index in [0.29, 0.717) is 44.1 Å². The highest BCUT2D eigenvalue weighted by Crippen LogP contribution is 2.23. The Balaban J connectivity index is 1.30. The summed E-state index contributed by atoms with van der Waals surface area (Å²) in [6.07, 6.45) is 4.25. The molecule has 0 radical (unpaired) electrons. The molecular formula is C23H29N5O2. The van der Waals surface area contributed by atoms with Crippen LogP contribution in [-0.2, 0) is 4.79 Å². The highest BCUT2D eigenvalue weighted by molar-refractivity contribution is 5.94. The van der Waals surface area contributed by atoms with Crippen LogP contribution in [0.2, 0.25) is 0 Å². The first-order valence-electron chi connectivity index (χ1n) is 10.6. The number of nitrogens with zero attached hydrogens (tertiary/aromatic N) is 3. The van der Waals surface area contributed by atoms with Crippen molar-refractivity contribution in [2.24, 2.45) is 0 Å². The van der Waals surface area contributed by atoms with Gasteiger partial charge in [-0.2, -0.15) is 0 Å². The fraction of sp³-hybridized carbons (Fsp3) is 0.435. The normalized spacial score (nSPS) is 21.8. The lowest BCUT2D eigenvalue weighted by Gasteiger charge is -2.36. The Bertz CT molecular complexity index is 876. The number of aromatic nitrogens is 1. The van der Waals surface area contributed by atoms with Crippen molar-refractivity contribution in [3.63, 3.8) is 0 Å². The lowest BCUT2D eigenvalue weighted by molar-refractivity contribution is -0.134. The standard InChI is InChI=1S/C23H29N5O2/c1-16(2)17-5-7-18(8-6-17)22(29)27-10-12-28(13-11-27)23(30)21-14-20(25-26-21)19-4-3-9-24-15-19/h3-9,15-16,20-21,25-26H,10-14H2,1-2H3. The lowest BCUT2D eigenvalue weighted by atomic mass is 10.0. The van der Waals surface area contributed by atoms with E-state index in [4.69, 9.17) is 0 Å². The Morgan fingerprint density at radius 1 is 1.00 bits per heavy atom. The average molecular weight is 408 g/mol. The SMILES string of the molecule is CC(C)c1ccc(C(=O)N2CCN(C(=O)C3CC(c4cccnc4)NN3)CC2)cc1. The van der Waals surface area contributed by atoms with Crippen LogP contribution in [0.25, 0.3) is 0 Å². The maximum absolute atomic E-state index is 12.9. The molecule has 2 unspecified atom stereocenters. The molecule has 2 fully saturated rings. The van der Waals surface area contributed by atoms with Crippen LogP contribution in [-0.4, -0.2) is 58.8 Å². The largest absolute Gasteiger partial charge is 0.338 e. The first kappa shape index (κ1) is 20.5. The van der Waals surface area contributed by atoms with E-state index in [1.165, 1.54) is 5.56 Å². The van der Waals surface area contributed by atoms with Crippen molar-refractivity contribution in [1.82, 2.24) is 25.6 Å². The quantitative estimate of drug-likeness (QED) is 0.812. The van der Waals surface area contributed by atoms with Gasteiger partial charge in [0.25, 0.3) is 5.91 Å². The van der Waals surface area contributed by atoms with Crippen LogP contribution in [0.3, 0.4) is 0 Å². The van der Waals surface area contributed by atoms with Crippen molar-refractivity contribution in [2.75, 3.05) is 26.2 Å². The van der Waals surface area contributed by atoms with Gasteiger partial charge in [0.2, 0.25) is 5.91 Å². The predicted molar refractivity (Wildman–Crippen MR) is 115 cm³/mol.